The lowest BCUT2D eigenvalue weighted by atomic mass is 9.98. The molecule has 4 aromatic rings. The van der Waals surface area contributed by atoms with Gasteiger partial charge in [-0.1, -0.05) is 31.2 Å². The largest absolute Gasteiger partial charge is 0.392 e. The number of alkyl halides is 3. The van der Waals surface area contributed by atoms with Crippen LogP contribution in [0.25, 0.3) is 17.2 Å². The normalized spacial score (nSPS) is 15.9. The Morgan fingerprint density at radius 1 is 1.14 bits per heavy atom. The molecule has 0 saturated heterocycles. The van der Waals surface area contributed by atoms with Crippen LogP contribution in [-0.4, -0.2) is 41.2 Å². The number of benzene rings is 1. The van der Waals surface area contributed by atoms with Gasteiger partial charge in [0.2, 0.25) is 5.78 Å². The molecule has 8 nitrogen and oxygen atoms in total. The van der Waals surface area contributed by atoms with Gasteiger partial charge in [-0.15, -0.1) is 0 Å². The molecule has 1 aromatic carbocycles. The maximum Gasteiger partial charge on any atom is 0.392 e. The fourth-order valence-electron chi connectivity index (χ4n) is 4.30. The number of hydrogen-bond acceptors (Lipinski definition) is 5. The number of aryl methyl sites for hydroxylation is 3. The predicted molar refractivity (Wildman–Crippen MR) is 122 cm³/mol. The van der Waals surface area contributed by atoms with Crippen LogP contribution in [-0.2, 0) is 25.9 Å². The van der Waals surface area contributed by atoms with E-state index >= 15 is 0 Å². The van der Waals surface area contributed by atoms with Gasteiger partial charge in [0.25, 0.3) is 5.91 Å². The highest BCUT2D eigenvalue weighted by atomic mass is 19.4. The Balaban J connectivity index is 1.28. The van der Waals surface area contributed by atoms with Crippen LogP contribution in [0.4, 0.5) is 13.2 Å². The van der Waals surface area contributed by atoms with Crippen LogP contribution in [0, 0.1) is 12.8 Å². The zero-order valence-electron chi connectivity index (χ0n) is 19.3. The van der Waals surface area contributed by atoms with E-state index in [9.17, 15) is 18.0 Å². The Morgan fingerprint density at radius 3 is 2.63 bits per heavy atom. The third-order valence-electron chi connectivity index (χ3n) is 6.25. The molecule has 0 radical (unpaired) electrons. The van der Waals surface area contributed by atoms with Crippen molar-refractivity contribution in [1.82, 2.24) is 34.4 Å². The molecule has 5 rings (SSSR count). The molecule has 35 heavy (non-hydrogen) atoms. The monoisotopic (exact) mass is 483 g/mol. The van der Waals surface area contributed by atoms with Gasteiger partial charge >= 0.3 is 6.18 Å². The third kappa shape index (κ3) is 4.50. The van der Waals surface area contributed by atoms with Gasteiger partial charge < -0.3 is 5.32 Å². The smallest absolute Gasteiger partial charge is 0.347 e. The van der Waals surface area contributed by atoms with Gasteiger partial charge in [-0.2, -0.15) is 18.3 Å². The van der Waals surface area contributed by atoms with Gasteiger partial charge in [0.05, 0.1) is 11.6 Å². The highest BCUT2D eigenvalue weighted by Crippen LogP contribution is 2.34. The molecule has 0 fully saturated rings. The summed E-state index contributed by atoms with van der Waals surface area (Å²) >= 11 is 0. The second-order valence-corrected chi connectivity index (χ2v) is 8.69. The lowest BCUT2D eigenvalue weighted by molar-refractivity contribution is -0.179. The van der Waals surface area contributed by atoms with Crippen LogP contribution < -0.4 is 5.32 Å². The Bertz CT molecular complexity index is 1390. The maximum absolute atomic E-state index is 13.1. The van der Waals surface area contributed by atoms with E-state index in [1.165, 1.54) is 0 Å². The van der Waals surface area contributed by atoms with E-state index in [2.05, 4.69) is 25.4 Å². The van der Waals surface area contributed by atoms with E-state index in [0.717, 1.165) is 11.3 Å². The van der Waals surface area contributed by atoms with E-state index in [1.54, 1.807) is 15.3 Å². The summed E-state index contributed by atoms with van der Waals surface area (Å²) in [4.78, 5) is 26.2. The Morgan fingerprint density at radius 2 is 1.91 bits per heavy atom. The maximum atomic E-state index is 13.1. The number of halogens is 3. The quantitative estimate of drug-likeness (QED) is 0.465. The first-order chi connectivity index (χ1) is 16.7. The van der Waals surface area contributed by atoms with E-state index in [4.69, 9.17) is 0 Å². The molecule has 182 valence electrons. The average molecular weight is 483 g/mol. The van der Waals surface area contributed by atoms with Gasteiger partial charge in [0.15, 0.2) is 5.82 Å². The minimum absolute atomic E-state index is 0.0137. The zero-order valence-corrected chi connectivity index (χ0v) is 19.3. The average Bonchev–Trinajstić information content (AvgIpc) is 3.42. The number of imidazole rings is 1. The van der Waals surface area contributed by atoms with E-state index in [-0.39, 0.29) is 25.3 Å². The molecule has 1 aliphatic heterocycles. The van der Waals surface area contributed by atoms with Gasteiger partial charge in [0, 0.05) is 37.0 Å². The number of nitrogens with one attached hydrogen (secondary N) is 1. The van der Waals surface area contributed by atoms with Crippen molar-refractivity contribution in [2.24, 2.45) is 5.92 Å². The fourth-order valence-corrected chi connectivity index (χ4v) is 4.30. The first-order valence-corrected chi connectivity index (χ1v) is 11.5. The first kappa shape index (κ1) is 23.0. The second-order valence-electron chi connectivity index (χ2n) is 8.69. The van der Waals surface area contributed by atoms with Gasteiger partial charge in [0.1, 0.15) is 11.5 Å². The van der Waals surface area contributed by atoms with Crippen LogP contribution >= 0.6 is 0 Å². The van der Waals surface area contributed by atoms with Crippen LogP contribution in [0.2, 0.25) is 0 Å². The molecular formula is C24H24F3N7O. The van der Waals surface area contributed by atoms with Gasteiger partial charge in [-0.05, 0) is 31.4 Å². The van der Waals surface area contributed by atoms with Crippen molar-refractivity contribution in [3.63, 3.8) is 0 Å². The topological polar surface area (TPSA) is 90.0 Å². The lowest BCUT2D eigenvalue weighted by Gasteiger charge is -2.24. The number of amides is 1. The molecule has 3 aromatic heterocycles. The molecule has 0 spiro atoms. The molecule has 0 aliphatic carbocycles. The number of aromatic nitrogens is 6. The van der Waals surface area contributed by atoms with E-state index in [1.807, 2.05) is 44.2 Å². The molecule has 1 N–H and O–H groups in total. The summed E-state index contributed by atoms with van der Waals surface area (Å²) in [5.74, 6) is -0.368. The SMILES string of the molecule is CCc1nc2nc(C)ccn2c1C(=O)NCc1ccc(-c2nc3n(n2)CCC(C(F)(F)F)C3)cc1. The van der Waals surface area contributed by atoms with Gasteiger partial charge in [-0.3, -0.25) is 9.20 Å². The summed E-state index contributed by atoms with van der Waals surface area (Å²) in [6.07, 6.45) is -1.97. The lowest BCUT2D eigenvalue weighted by Crippen LogP contribution is -2.31. The van der Waals surface area contributed by atoms with E-state index in [0.29, 0.717) is 47.3 Å². The molecule has 0 saturated carbocycles. The Hall–Kier alpha value is -3.76. The van der Waals surface area contributed by atoms with Gasteiger partial charge in [-0.25, -0.2) is 19.6 Å². The number of rotatable bonds is 5. The van der Waals surface area contributed by atoms with Crippen LogP contribution in [0.1, 0.15) is 46.6 Å². The zero-order chi connectivity index (χ0) is 24.7. The summed E-state index contributed by atoms with van der Waals surface area (Å²) in [7, 11) is 0. The van der Waals surface area contributed by atoms with Crippen molar-refractivity contribution in [1.29, 1.82) is 0 Å². The van der Waals surface area contributed by atoms with E-state index < -0.39 is 12.1 Å². The molecule has 1 unspecified atom stereocenters. The number of carbonyl (C=O) groups is 1. The summed E-state index contributed by atoms with van der Waals surface area (Å²) in [5, 5.41) is 7.31. The highest BCUT2D eigenvalue weighted by molar-refractivity contribution is 5.94. The van der Waals surface area contributed by atoms with Crippen molar-refractivity contribution in [3.05, 3.63) is 65.0 Å². The number of fused-ring (bicyclic) bond motifs is 2. The van der Waals surface area contributed by atoms with Crippen LogP contribution in [0.5, 0.6) is 0 Å². The highest BCUT2D eigenvalue weighted by Gasteiger charge is 2.42. The molecule has 1 aliphatic rings. The molecule has 4 heterocycles. The molecular weight excluding hydrogens is 459 g/mol. The predicted octanol–water partition coefficient (Wildman–Crippen LogP) is 3.91. The van der Waals surface area contributed by atoms with Crippen molar-refractivity contribution in [2.45, 2.75) is 52.4 Å². The summed E-state index contributed by atoms with van der Waals surface area (Å²) in [6, 6.07) is 9.13. The number of nitrogens with zero attached hydrogens (tertiary/aromatic N) is 6. The standard InChI is InChI=1S/C24H24F3N7O/c1-3-18-20(33-10-8-14(2)29-23(33)30-18)22(35)28-13-15-4-6-16(7-5-15)21-31-19-12-17(24(25,26)27)9-11-34(19)32-21/h4-8,10,17H,3,9,11-13H2,1-2H3,(H,28,35). The van der Waals surface area contributed by atoms with Crippen LogP contribution in [0.15, 0.2) is 36.5 Å². The summed E-state index contributed by atoms with van der Waals surface area (Å²) < 4.78 is 42.5. The summed E-state index contributed by atoms with van der Waals surface area (Å²) in [6.45, 7) is 4.32. The Labute approximate surface area is 199 Å². The van der Waals surface area contributed by atoms with Crippen molar-refractivity contribution < 1.29 is 18.0 Å². The molecule has 1 atom stereocenters. The minimum Gasteiger partial charge on any atom is -0.347 e. The number of carbonyl (C=O) groups excluding carboxylic acids is 1. The first-order valence-electron chi connectivity index (χ1n) is 11.5. The van der Waals surface area contributed by atoms with Crippen LogP contribution in [0.3, 0.4) is 0 Å². The third-order valence-corrected chi connectivity index (χ3v) is 6.25. The second kappa shape index (κ2) is 8.79. The minimum atomic E-state index is -4.22. The fraction of sp³-hybridized carbons (Fsp3) is 0.375. The molecule has 1 amide bonds. The number of hydrogen-bond donors (Lipinski definition) is 1. The van der Waals surface area contributed by atoms with Crippen molar-refractivity contribution >= 4 is 11.7 Å². The van der Waals surface area contributed by atoms with Crippen molar-refractivity contribution in [2.75, 3.05) is 0 Å². The Kier molecular flexibility index (Phi) is 5.78. The molecule has 11 heteroatoms. The van der Waals surface area contributed by atoms with Crippen molar-refractivity contribution in [3.8, 4) is 11.4 Å². The summed E-state index contributed by atoms with van der Waals surface area (Å²) in [5.41, 5.74) is 3.55. The molecule has 0 bridgehead atoms.